The highest BCUT2D eigenvalue weighted by Gasteiger charge is 2.16. The molecule has 148 valence electrons. The number of nitrogen functional groups attached to an aromatic ring is 1. The van der Waals surface area contributed by atoms with Crippen LogP contribution in [0, 0.1) is 30.6 Å². The van der Waals surface area contributed by atoms with Gasteiger partial charge in [-0.3, -0.25) is 4.79 Å². The van der Waals surface area contributed by atoms with E-state index >= 15 is 0 Å². The number of carbonyl (C=O) groups excluding carboxylic acids is 1. The number of amides is 1. The number of pyridine rings is 1. The Morgan fingerprint density at radius 1 is 1.31 bits per heavy atom. The van der Waals surface area contributed by atoms with Gasteiger partial charge in [0.25, 0.3) is 5.91 Å². The van der Waals surface area contributed by atoms with Gasteiger partial charge in [-0.2, -0.15) is 5.26 Å². The van der Waals surface area contributed by atoms with Gasteiger partial charge in [-0.1, -0.05) is 5.57 Å². The third-order valence-electron chi connectivity index (χ3n) is 5.06. The van der Waals surface area contributed by atoms with Crippen molar-refractivity contribution in [1.29, 1.82) is 10.7 Å². The predicted molar refractivity (Wildman–Crippen MR) is 112 cm³/mol. The molecule has 0 unspecified atom stereocenters. The van der Waals surface area contributed by atoms with Crippen molar-refractivity contribution in [3.63, 3.8) is 0 Å². The van der Waals surface area contributed by atoms with Crippen LogP contribution >= 0.6 is 0 Å². The van der Waals surface area contributed by atoms with E-state index in [0.717, 1.165) is 24.0 Å². The van der Waals surface area contributed by atoms with Crippen LogP contribution in [0.25, 0.3) is 0 Å². The van der Waals surface area contributed by atoms with Gasteiger partial charge in [-0.25, -0.2) is 4.98 Å². The summed E-state index contributed by atoms with van der Waals surface area (Å²) in [6, 6.07) is 7.12. The van der Waals surface area contributed by atoms with E-state index in [1.165, 1.54) is 6.20 Å². The Labute approximate surface area is 169 Å². The van der Waals surface area contributed by atoms with Crippen molar-refractivity contribution in [2.24, 2.45) is 0 Å². The SMILES string of the molecule is Cc1c(C#N)cnc(C(=O)Nc2ccc(N)c(C(=N)C=C3CCOCC3)c2)c1C. The Morgan fingerprint density at radius 2 is 2.03 bits per heavy atom. The highest BCUT2D eigenvalue weighted by molar-refractivity contribution is 6.12. The summed E-state index contributed by atoms with van der Waals surface area (Å²) in [6.07, 6.45) is 4.85. The van der Waals surface area contributed by atoms with Crippen LogP contribution < -0.4 is 11.1 Å². The molecule has 1 aromatic carbocycles. The first-order chi connectivity index (χ1) is 13.9. The zero-order valence-corrected chi connectivity index (χ0v) is 16.5. The Hall–Kier alpha value is -3.50. The Balaban J connectivity index is 1.83. The summed E-state index contributed by atoms with van der Waals surface area (Å²) < 4.78 is 5.34. The van der Waals surface area contributed by atoms with E-state index in [0.29, 0.717) is 47.0 Å². The first-order valence-electron chi connectivity index (χ1n) is 9.34. The molecule has 1 aliphatic rings. The zero-order chi connectivity index (χ0) is 21.0. The summed E-state index contributed by atoms with van der Waals surface area (Å²) in [5.41, 5.74) is 11.2. The molecule has 7 nitrogen and oxygen atoms in total. The number of nitrogens with zero attached hydrogens (tertiary/aromatic N) is 2. The van der Waals surface area contributed by atoms with Crippen molar-refractivity contribution in [1.82, 2.24) is 4.98 Å². The quantitative estimate of drug-likeness (QED) is 0.545. The van der Waals surface area contributed by atoms with Gasteiger partial charge in [0.15, 0.2) is 0 Å². The fraction of sp³-hybridized carbons (Fsp3) is 0.273. The smallest absolute Gasteiger partial charge is 0.274 e. The van der Waals surface area contributed by atoms with Crippen molar-refractivity contribution in [3.8, 4) is 6.07 Å². The zero-order valence-electron chi connectivity index (χ0n) is 16.5. The molecular formula is C22H23N5O2. The Kier molecular flexibility index (Phi) is 6.05. The molecule has 3 rings (SSSR count). The average molecular weight is 389 g/mol. The number of nitriles is 1. The van der Waals surface area contributed by atoms with Crippen molar-refractivity contribution in [2.75, 3.05) is 24.3 Å². The minimum absolute atomic E-state index is 0.263. The number of carbonyl (C=O) groups is 1. The molecule has 0 spiro atoms. The highest BCUT2D eigenvalue weighted by Crippen LogP contribution is 2.22. The fourth-order valence-corrected chi connectivity index (χ4v) is 3.16. The van der Waals surface area contributed by atoms with Crippen molar-refractivity contribution >= 4 is 23.0 Å². The van der Waals surface area contributed by atoms with Crippen LogP contribution in [-0.4, -0.2) is 29.8 Å². The number of benzene rings is 1. The molecule has 4 N–H and O–H groups in total. The molecule has 0 bridgehead atoms. The molecule has 1 saturated heterocycles. The van der Waals surface area contributed by atoms with E-state index in [2.05, 4.69) is 16.4 Å². The second-order valence-electron chi connectivity index (χ2n) is 6.97. The van der Waals surface area contributed by atoms with Crippen LogP contribution in [0.1, 0.15) is 45.6 Å². The van der Waals surface area contributed by atoms with E-state index in [1.54, 1.807) is 32.0 Å². The summed E-state index contributed by atoms with van der Waals surface area (Å²) >= 11 is 0. The molecule has 0 radical (unpaired) electrons. The third kappa shape index (κ3) is 4.50. The van der Waals surface area contributed by atoms with E-state index in [4.69, 9.17) is 21.1 Å². The number of hydrogen-bond acceptors (Lipinski definition) is 6. The number of allylic oxidation sites excluding steroid dienone is 1. The molecule has 2 heterocycles. The summed E-state index contributed by atoms with van der Waals surface area (Å²) in [4.78, 5) is 16.8. The van der Waals surface area contributed by atoms with E-state index in [1.807, 2.05) is 6.08 Å². The van der Waals surface area contributed by atoms with Gasteiger partial charge < -0.3 is 21.2 Å². The summed E-state index contributed by atoms with van der Waals surface area (Å²) in [7, 11) is 0. The molecule has 0 atom stereocenters. The maximum atomic E-state index is 12.7. The lowest BCUT2D eigenvalue weighted by Crippen LogP contribution is -2.17. The van der Waals surface area contributed by atoms with Gasteiger partial charge in [0.05, 0.1) is 24.5 Å². The molecule has 1 fully saturated rings. The fourth-order valence-electron chi connectivity index (χ4n) is 3.16. The number of anilines is 2. The number of rotatable bonds is 4. The van der Waals surface area contributed by atoms with Crippen molar-refractivity contribution in [3.05, 3.63) is 64.0 Å². The molecule has 7 heteroatoms. The average Bonchev–Trinajstić information content (AvgIpc) is 2.72. The summed E-state index contributed by atoms with van der Waals surface area (Å²) in [6.45, 7) is 4.89. The van der Waals surface area contributed by atoms with Crippen molar-refractivity contribution < 1.29 is 9.53 Å². The lowest BCUT2D eigenvalue weighted by molar-refractivity contribution is 0.102. The summed E-state index contributed by atoms with van der Waals surface area (Å²) in [5.74, 6) is -0.375. The van der Waals surface area contributed by atoms with Gasteiger partial charge in [-0.15, -0.1) is 0 Å². The maximum absolute atomic E-state index is 12.7. The van der Waals surface area contributed by atoms with Crippen LogP contribution in [0.4, 0.5) is 11.4 Å². The van der Waals surface area contributed by atoms with E-state index in [-0.39, 0.29) is 11.6 Å². The van der Waals surface area contributed by atoms with Crippen LogP contribution in [-0.2, 0) is 4.74 Å². The first kappa shape index (κ1) is 20.2. The van der Waals surface area contributed by atoms with Crippen LogP contribution in [0.3, 0.4) is 0 Å². The van der Waals surface area contributed by atoms with E-state index in [9.17, 15) is 4.79 Å². The molecule has 2 aromatic rings. The van der Waals surface area contributed by atoms with Gasteiger partial charge in [0.2, 0.25) is 0 Å². The van der Waals surface area contributed by atoms with Crippen molar-refractivity contribution in [2.45, 2.75) is 26.7 Å². The molecule has 0 aliphatic carbocycles. The monoisotopic (exact) mass is 389 g/mol. The van der Waals surface area contributed by atoms with Gasteiger partial charge >= 0.3 is 0 Å². The van der Waals surface area contributed by atoms with Crippen LogP contribution in [0.5, 0.6) is 0 Å². The molecule has 1 aliphatic heterocycles. The highest BCUT2D eigenvalue weighted by atomic mass is 16.5. The maximum Gasteiger partial charge on any atom is 0.274 e. The predicted octanol–water partition coefficient (Wildman–Crippen LogP) is 3.51. The first-order valence-corrected chi connectivity index (χ1v) is 9.34. The largest absolute Gasteiger partial charge is 0.398 e. The Bertz CT molecular complexity index is 1040. The Morgan fingerprint density at radius 3 is 2.72 bits per heavy atom. The minimum atomic E-state index is -0.375. The lowest BCUT2D eigenvalue weighted by atomic mass is 10.0. The number of nitrogens with two attached hydrogens (primary N) is 1. The topological polar surface area (TPSA) is 125 Å². The number of ether oxygens (including phenoxy) is 1. The van der Waals surface area contributed by atoms with Gasteiger partial charge in [-0.05, 0) is 62.1 Å². The minimum Gasteiger partial charge on any atom is -0.398 e. The molecule has 0 saturated carbocycles. The second kappa shape index (κ2) is 8.67. The number of nitrogens with one attached hydrogen (secondary N) is 2. The molecule has 1 aromatic heterocycles. The summed E-state index contributed by atoms with van der Waals surface area (Å²) in [5, 5.41) is 20.3. The number of aromatic nitrogens is 1. The number of hydrogen-bond donors (Lipinski definition) is 3. The molecule has 1 amide bonds. The lowest BCUT2D eigenvalue weighted by Gasteiger charge is -2.15. The third-order valence-corrected chi connectivity index (χ3v) is 5.06. The molecule has 29 heavy (non-hydrogen) atoms. The molecular weight excluding hydrogens is 366 g/mol. The standard InChI is InChI=1S/C22H23N5O2/c1-13-14(2)21(26-12-16(13)11-23)22(28)27-17-3-4-19(24)18(10-17)20(25)9-15-5-7-29-8-6-15/h3-4,9-10,12,25H,5-8,24H2,1-2H3,(H,27,28). The van der Waals surface area contributed by atoms with E-state index < -0.39 is 0 Å². The van der Waals surface area contributed by atoms with Crippen LogP contribution in [0.2, 0.25) is 0 Å². The van der Waals surface area contributed by atoms with Gasteiger partial charge in [0.1, 0.15) is 11.8 Å². The van der Waals surface area contributed by atoms with Gasteiger partial charge in [0, 0.05) is 23.1 Å². The normalized spacial score (nSPS) is 13.5. The van der Waals surface area contributed by atoms with Crippen LogP contribution in [0.15, 0.2) is 36.0 Å². The second-order valence-corrected chi connectivity index (χ2v) is 6.97.